The predicted molar refractivity (Wildman–Crippen MR) is 99.3 cm³/mol. The summed E-state index contributed by atoms with van der Waals surface area (Å²) >= 11 is 0. The largest absolute Gasteiger partial charge is 1.00 e. The molecule has 7 heteroatoms. The van der Waals surface area contributed by atoms with Crippen molar-refractivity contribution in [3.05, 3.63) is 48.0 Å². The maximum absolute atomic E-state index is 11.5. The van der Waals surface area contributed by atoms with Crippen LogP contribution in [0.4, 0.5) is 0 Å². The first-order valence-electron chi connectivity index (χ1n) is 8.95. The monoisotopic (exact) mass is 416 g/mol. The van der Waals surface area contributed by atoms with Gasteiger partial charge in [-0.2, -0.15) is 8.42 Å². The van der Waals surface area contributed by atoms with Gasteiger partial charge in [-0.05, 0) is 42.7 Å². The smallest absolute Gasteiger partial charge is 0.872 e. The third kappa shape index (κ3) is 9.08. The van der Waals surface area contributed by atoms with Crippen LogP contribution in [0.2, 0.25) is 0 Å². The average molecular weight is 417 g/mol. The summed E-state index contributed by atoms with van der Waals surface area (Å²) in [4.78, 5) is -0.184. The van der Waals surface area contributed by atoms with Crippen LogP contribution < -0.4 is 61.2 Å². The van der Waals surface area contributed by atoms with Gasteiger partial charge in [0.1, 0.15) is 11.5 Å². The minimum absolute atomic E-state index is 0. The van der Waals surface area contributed by atoms with Crippen molar-refractivity contribution in [2.24, 2.45) is 0 Å². The topological polar surface area (TPSA) is 86.7 Å². The van der Waals surface area contributed by atoms with Gasteiger partial charge >= 0.3 is 51.4 Å². The zero-order valence-corrected chi connectivity index (χ0v) is 19.9. The maximum Gasteiger partial charge on any atom is 1.00 e. The fourth-order valence-corrected chi connectivity index (χ4v) is 3.30. The van der Waals surface area contributed by atoms with E-state index in [2.05, 4.69) is 6.92 Å². The summed E-state index contributed by atoms with van der Waals surface area (Å²) < 4.78 is 38.1. The summed E-state index contributed by atoms with van der Waals surface area (Å²) in [6.07, 6.45) is 7.55. The van der Waals surface area contributed by atoms with E-state index in [1.54, 1.807) is 6.07 Å². The number of unbranched alkanes of at least 4 members (excludes halogenated alkanes) is 5. The third-order valence-electron chi connectivity index (χ3n) is 4.12. The van der Waals surface area contributed by atoms with Gasteiger partial charge < -0.3 is 9.84 Å². The molecule has 0 amide bonds. The summed E-state index contributed by atoms with van der Waals surface area (Å²) in [5.41, 5.74) is 0.797. The summed E-state index contributed by atoms with van der Waals surface area (Å²) in [5, 5.41) is 11.2. The van der Waals surface area contributed by atoms with E-state index in [-0.39, 0.29) is 62.0 Å². The Hall–Kier alpha value is -0.414. The molecule has 0 atom stereocenters. The molecule has 2 aromatic rings. The Morgan fingerprint density at radius 1 is 0.926 bits per heavy atom. The van der Waals surface area contributed by atoms with Crippen molar-refractivity contribution in [2.45, 2.75) is 56.8 Å². The maximum atomic E-state index is 11.5. The minimum atomic E-state index is -4.32. The second-order valence-corrected chi connectivity index (χ2v) is 7.80. The van der Waals surface area contributed by atoms with E-state index in [1.165, 1.54) is 55.7 Å². The number of ether oxygens (including phenoxy) is 1. The van der Waals surface area contributed by atoms with Gasteiger partial charge in [-0.3, -0.25) is 4.55 Å². The van der Waals surface area contributed by atoms with E-state index >= 15 is 0 Å². The van der Waals surface area contributed by atoms with Crippen LogP contribution in [0.5, 0.6) is 17.2 Å². The van der Waals surface area contributed by atoms with Gasteiger partial charge in [-0.15, -0.1) is 5.75 Å². The summed E-state index contributed by atoms with van der Waals surface area (Å²) in [6.45, 7) is 2.17. The SMILES string of the molecule is CCCCCCCCc1cc(Oc2ccc([O-])cc2)cc(S(=O)(=O)O)c1.[K+]. The standard InChI is InChI=1S/C20H26O5S.K/c1-2-3-4-5-6-7-8-16-13-19(15-20(14-16)26(22,23)24)25-18-11-9-17(21)10-12-18;/h9-15,21H,2-8H2,1H3,(H,22,23,24);/q;+1/p-1. The van der Waals surface area contributed by atoms with Crippen molar-refractivity contribution in [2.75, 3.05) is 0 Å². The summed E-state index contributed by atoms with van der Waals surface area (Å²) in [6, 6.07) is 10.3. The van der Waals surface area contributed by atoms with E-state index in [1.807, 2.05) is 0 Å². The first-order valence-corrected chi connectivity index (χ1v) is 10.4. The average Bonchev–Trinajstić information content (AvgIpc) is 2.59. The minimum Gasteiger partial charge on any atom is -0.872 e. The van der Waals surface area contributed by atoms with Crippen LogP contribution >= 0.6 is 0 Å². The van der Waals surface area contributed by atoms with E-state index in [9.17, 15) is 18.1 Å². The van der Waals surface area contributed by atoms with Crippen LogP contribution in [-0.4, -0.2) is 13.0 Å². The molecular formula is C20H25KO5S. The summed E-state index contributed by atoms with van der Waals surface area (Å²) in [7, 11) is -4.32. The van der Waals surface area contributed by atoms with Gasteiger partial charge in [0.2, 0.25) is 0 Å². The molecule has 0 radical (unpaired) electrons. The fraction of sp³-hybridized carbons (Fsp3) is 0.400. The molecule has 0 aliphatic rings. The Balaban J connectivity index is 0.00000364. The number of hydrogen-bond donors (Lipinski definition) is 1. The Morgan fingerprint density at radius 3 is 2.19 bits per heavy atom. The van der Waals surface area contributed by atoms with Crippen molar-refractivity contribution < 1.29 is 74.2 Å². The second kappa shape index (κ2) is 12.2. The molecule has 0 aliphatic heterocycles. The first-order chi connectivity index (χ1) is 12.4. The van der Waals surface area contributed by atoms with Gasteiger partial charge in [-0.1, -0.05) is 51.2 Å². The van der Waals surface area contributed by atoms with E-state index in [4.69, 9.17) is 4.74 Å². The van der Waals surface area contributed by atoms with E-state index in [0.29, 0.717) is 17.9 Å². The molecule has 1 N–H and O–H groups in total. The van der Waals surface area contributed by atoms with Crippen LogP contribution in [0.25, 0.3) is 0 Å². The molecule has 0 saturated heterocycles. The molecule has 27 heavy (non-hydrogen) atoms. The van der Waals surface area contributed by atoms with Crippen LogP contribution in [-0.2, 0) is 16.5 Å². The summed E-state index contributed by atoms with van der Waals surface area (Å²) in [5.74, 6) is 0.621. The molecule has 0 saturated carbocycles. The van der Waals surface area contributed by atoms with Crippen molar-refractivity contribution >= 4 is 10.1 Å². The Kier molecular flexibility index (Phi) is 11.1. The molecule has 5 nitrogen and oxygen atoms in total. The molecule has 0 unspecified atom stereocenters. The van der Waals surface area contributed by atoms with Gasteiger partial charge in [0.25, 0.3) is 10.1 Å². The van der Waals surface area contributed by atoms with Gasteiger partial charge in [-0.25, -0.2) is 0 Å². The normalized spacial score (nSPS) is 11.0. The Labute approximate surface area is 204 Å². The molecule has 0 spiro atoms. The van der Waals surface area contributed by atoms with E-state index in [0.717, 1.165) is 24.8 Å². The van der Waals surface area contributed by atoms with Gasteiger partial charge in [0.15, 0.2) is 0 Å². The van der Waals surface area contributed by atoms with Crippen molar-refractivity contribution in [3.8, 4) is 17.2 Å². The molecule has 142 valence electrons. The van der Waals surface area contributed by atoms with E-state index < -0.39 is 10.1 Å². The number of aryl methyl sites for hydroxylation is 1. The predicted octanol–water partition coefficient (Wildman–Crippen LogP) is 1.71. The van der Waals surface area contributed by atoms with Crippen LogP contribution in [0.3, 0.4) is 0 Å². The molecule has 2 rings (SSSR count). The van der Waals surface area contributed by atoms with Crippen LogP contribution in [0.15, 0.2) is 47.4 Å². The fourth-order valence-electron chi connectivity index (χ4n) is 2.74. The Bertz CT molecular complexity index is 804. The van der Waals surface area contributed by atoms with Crippen molar-refractivity contribution in [1.29, 1.82) is 0 Å². The molecular weight excluding hydrogens is 391 g/mol. The number of hydrogen-bond acceptors (Lipinski definition) is 4. The number of rotatable bonds is 10. The molecule has 0 aliphatic carbocycles. The zero-order chi connectivity index (χ0) is 19.0. The van der Waals surface area contributed by atoms with Crippen LogP contribution in [0, 0.1) is 0 Å². The number of benzene rings is 2. The first kappa shape index (κ1) is 24.6. The van der Waals surface area contributed by atoms with Gasteiger partial charge in [0.05, 0.1) is 4.90 Å². The molecule has 0 bridgehead atoms. The molecule has 0 fully saturated rings. The Morgan fingerprint density at radius 2 is 1.56 bits per heavy atom. The van der Waals surface area contributed by atoms with Crippen LogP contribution in [0.1, 0.15) is 51.0 Å². The zero-order valence-electron chi connectivity index (χ0n) is 16.0. The quantitative estimate of drug-likeness (QED) is 0.362. The molecule has 0 heterocycles. The second-order valence-electron chi connectivity index (χ2n) is 6.38. The third-order valence-corrected chi connectivity index (χ3v) is 4.95. The van der Waals surface area contributed by atoms with Gasteiger partial charge in [0, 0.05) is 6.07 Å². The van der Waals surface area contributed by atoms with Crippen molar-refractivity contribution in [3.63, 3.8) is 0 Å². The molecule has 2 aromatic carbocycles. The molecule has 0 aromatic heterocycles. The van der Waals surface area contributed by atoms with Crippen molar-refractivity contribution in [1.82, 2.24) is 0 Å².